The molecule has 0 unspecified atom stereocenters. The number of sulfonamides is 1. The van der Waals surface area contributed by atoms with Gasteiger partial charge in [-0.2, -0.15) is 0 Å². The van der Waals surface area contributed by atoms with E-state index in [9.17, 15) is 8.42 Å². The number of benzene rings is 1. The number of aliphatic hydroxyl groups is 1. The molecule has 0 aliphatic rings. The highest BCUT2D eigenvalue weighted by molar-refractivity contribution is 7.89. The van der Waals surface area contributed by atoms with E-state index >= 15 is 0 Å². The molecule has 0 amide bonds. The number of halogens is 2. The third-order valence-electron chi connectivity index (χ3n) is 1.78. The molecule has 0 aliphatic carbocycles. The second kappa shape index (κ2) is 5.33. The molecule has 0 saturated carbocycles. The first-order valence-corrected chi connectivity index (χ1v) is 6.68. The largest absolute Gasteiger partial charge is 0.395 e. The van der Waals surface area contributed by atoms with Gasteiger partial charge in [-0.15, -0.1) is 0 Å². The summed E-state index contributed by atoms with van der Waals surface area (Å²) >= 11 is 11.4. The number of nitrogens with one attached hydrogen (secondary N) is 1. The predicted molar refractivity (Wildman–Crippen MR) is 63.3 cm³/mol. The van der Waals surface area contributed by atoms with Crippen LogP contribution in [-0.4, -0.2) is 26.2 Å². The van der Waals surface area contributed by atoms with Crippen LogP contribution in [-0.2, 0) is 10.0 Å². The number of hydrogen-bond donors (Lipinski definition) is 2. The minimum absolute atomic E-state index is 0.0229. The fourth-order valence-corrected chi connectivity index (χ4v) is 3.01. The summed E-state index contributed by atoms with van der Waals surface area (Å²) in [4.78, 5) is -0.0229. The highest BCUT2D eigenvalue weighted by Gasteiger charge is 2.17. The van der Waals surface area contributed by atoms with Gasteiger partial charge in [0.2, 0.25) is 10.0 Å². The van der Waals surface area contributed by atoms with Crippen molar-refractivity contribution in [2.24, 2.45) is 0 Å². The molecule has 7 heteroatoms. The van der Waals surface area contributed by atoms with Gasteiger partial charge < -0.3 is 5.11 Å². The van der Waals surface area contributed by atoms with Crippen molar-refractivity contribution >= 4 is 33.2 Å². The molecule has 1 atom stereocenters. The van der Waals surface area contributed by atoms with Crippen LogP contribution in [0.4, 0.5) is 0 Å². The van der Waals surface area contributed by atoms with Crippen molar-refractivity contribution in [2.75, 3.05) is 6.61 Å². The van der Waals surface area contributed by atoms with Crippen LogP contribution in [0.5, 0.6) is 0 Å². The molecule has 0 radical (unpaired) electrons. The highest BCUT2D eigenvalue weighted by atomic mass is 35.5. The molecule has 1 rings (SSSR count). The summed E-state index contributed by atoms with van der Waals surface area (Å²) in [6.45, 7) is 1.26. The fraction of sp³-hybridized carbons (Fsp3) is 0.333. The third kappa shape index (κ3) is 3.61. The Morgan fingerprint density at radius 2 is 1.81 bits per heavy atom. The Labute approximate surface area is 104 Å². The van der Waals surface area contributed by atoms with Crippen LogP contribution in [0, 0.1) is 0 Å². The number of aliphatic hydroxyl groups excluding tert-OH is 1. The molecular weight excluding hydrogens is 273 g/mol. The molecule has 0 aliphatic heterocycles. The van der Waals surface area contributed by atoms with Crippen molar-refractivity contribution in [2.45, 2.75) is 17.9 Å². The van der Waals surface area contributed by atoms with E-state index in [2.05, 4.69) is 4.72 Å². The average molecular weight is 284 g/mol. The molecule has 0 saturated heterocycles. The Morgan fingerprint density at radius 1 is 1.31 bits per heavy atom. The van der Waals surface area contributed by atoms with Crippen molar-refractivity contribution in [3.8, 4) is 0 Å². The second-order valence-electron chi connectivity index (χ2n) is 3.31. The highest BCUT2D eigenvalue weighted by Crippen LogP contribution is 2.22. The van der Waals surface area contributed by atoms with Crippen LogP contribution >= 0.6 is 23.2 Å². The topological polar surface area (TPSA) is 66.4 Å². The summed E-state index contributed by atoms with van der Waals surface area (Å²) in [6, 6.07) is 3.46. The van der Waals surface area contributed by atoms with Crippen LogP contribution in [0.25, 0.3) is 0 Å². The van der Waals surface area contributed by atoms with Gasteiger partial charge in [0.1, 0.15) is 0 Å². The maximum absolute atomic E-state index is 11.8. The second-order valence-corrected chi connectivity index (χ2v) is 5.90. The van der Waals surface area contributed by atoms with Crippen LogP contribution in [0.1, 0.15) is 6.92 Å². The van der Waals surface area contributed by atoms with Gasteiger partial charge in [0.25, 0.3) is 0 Å². The Kier molecular flexibility index (Phi) is 4.58. The zero-order valence-corrected chi connectivity index (χ0v) is 10.8. The normalized spacial score (nSPS) is 13.8. The van der Waals surface area contributed by atoms with Gasteiger partial charge in [-0.1, -0.05) is 23.2 Å². The summed E-state index contributed by atoms with van der Waals surface area (Å²) in [5.41, 5.74) is 0. The summed E-state index contributed by atoms with van der Waals surface area (Å²) in [5, 5.41) is 9.26. The van der Waals surface area contributed by atoms with Gasteiger partial charge >= 0.3 is 0 Å². The van der Waals surface area contributed by atoms with E-state index in [-0.39, 0.29) is 21.5 Å². The van der Waals surface area contributed by atoms with Gasteiger partial charge in [-0.05, 0) is 25.1 Å². The minimum atomic E-state index is -3.70. The molecular formula is C9H11Cl2NO3S. The molecule has 4 nitrogen and oxygen atoms in total. The standard InChI is InChI=1S/C9H11Cl2NO3S/c1-6(5-13)12-16(14,15)9-3-7(10)2-8(11)4-9/h2-4,6,12-13H,5H2,1H3/t6-/m0/s1. The van der Waals surface area contributed by atoms with Gasteiger partial charge in [0.05, 0.1) is 11.5 Å². The Balaban J connectivity index is 3.07. The fourth-order valence-electron chi connectivity index (χ4n) is 1.05. The summed E-state index contributed by atoms with van der Waals surface area (Å²) in [7, 11) is -3.70. The lowest BCUT2D eigenvalue weighted by Crippen LogP contribution is -2.34. The van der Waals surface area contributed by atoms with Gasteiger partial charge in [-0.25, -0.2) is 13.1 Å². The first-order valence-electron chi connectivity index (χ1n) is 4.44. The quantitative estimate of drug-likeness (QED) is 0.883. The Bertz CT molecular complexity index is 455. The predicted octanol–water partition coefficient (Wildman–Crippen LogP) is 1.65. The lowest BCUT2D eigenvalue weighted by atomic mass is 10.4. The average Bonchev–Trinajstić information content (AvgIpc) is 2.15. The van der Waals surface area contributed by atoms with Gasteiger partial charge in [0.15, 0.2) is 0 Å². The van der Waals surface area contributed by atoms with Crippen molar-refractivity contribution in [3.05, 3.63) is 28.2 Å². The molecule has 0 spiro atoms. The summed E-state index contributed by atoms with van der Waals surface area (Å²) in [6.07, 6.45) is 0. The molecule has 90 valence electrons. The van der Waals surface area contributed by atoms with Gasteiger partial charge in [-0.3, -0.25) is 0 Å². The lowest BCUT2D eigenvalue weighted by molar-refractivity contribution is 0.265. The molecule has 2 N–H and O–H groups in total. The molecule has 1 aromatic carbocycles. The Morgan fingerprint density at radius 3 is 2.25 bits per heavy atom. The first kappa shape index (κ1) is 13.7. The van der Waals surface area contributed by atoms with E-state index in [0.29, 0.717) is 0 Å². The van der Waals surface area contributed by atoms with E-state index in [1.54, 1.807) is 6.92 Å². The zero-order valence-electron chi connectivity index (χ0n) is 8.44. The maximum atomic E-state index is 11.8. The molecule has 0 aromatic heterocycles. The maximum Gasteiger partial charge on any atom is 0.240 e. The van der Waals surface area contributed by atoms with Crippen molar-refractivity contribution in [3.63, 3.8) is 0 Å². The third-order valence-corrected chi connectivity index (χ3v) is 3.78. The summed E-state index contributed by atoms with van der Waals surface area (Å²) < 4.78 is 25.8. The van der Waals surface area contributed by atoms with Crippen LogP contribution < -0.4 is 4.72 Å². The smallest absolute Gasteiger partial charge is 0.240 e. The van der Waals surface area contributed by atoms with E-state index in [4.69, 9.17) is 28.3 Å². The molecule has 1 aromatic rings. The molecule has 0 heterocycles. The minimum Gasteiger partial charge on any atom is -0.395 e. The summed E-state index contributed by atoms with van der Waals surface area (Å²) in [5.74, 6) is 0. The van der Waals surface area contributed by atoms with Crippen LogP contribution in [0.2, 0.25) is 10.0 Å². The van der Waals surface area contributed by atoms with Crippen LogP contribution in [0.3, 0.4) is 0 Å². The molecule has 16 heavy (non-hydrogen) atoms. The van der Waals surface area contributed by atoms with Crippen molar-refractivity contribution in [1.82, 2.24) is 4.72 Å². The lowest BCUT2D eigenvalue weighted by Gasteiger charge is -2.11. The van der Waals surface area contributed by atoms with Crippen molar-refractivity contribution < 1.29 is 13.5 Å². The molecule has 0 fully saturated rings. The van der Waals surface area contributed by atoms with E-state index in [1.165, 1.54) is 18.2 Å². The number of rotatable bonds is 4. The van der Waals surface area contributed by atoms with Crippen molar-refractivity contribution in [1.29, 1.82) is 0 Å². The molecule has 0 bridgehead atoms. The van der Waals surface area contributed by atoms with Crippen LogP contribution in [0.15, 0.2) is 23.1 Å². The van der Waals surface area contributed by atoms with E-state index in [0.717, 1.165) is 0 Å². The van der Waals surface area contributed by atoms with E-state index < -0.39 is 16.1 Å². The SMILES string of the molecule is C[C@@H](CO)NS(=O)(=O)c1cc(Cl)cc(Cl)c1. The monoisotopic (exact) mass is 283 g/mol. The Hall–Kier alpha value is -0.330. The van der Waals surface area contributed by atoms with Gasteiger partial charge in [0, 0.05) is 16.1 Å². The number of hydrogen-bond acceptors (Lipinski definition) is 3. The van der Waals surface area contributed by atoms with E-state index in [1.807, 2.05) is 0 Å². The first-order chi connectivity index (χ1) is 7.35. The zero-order chi connectivity index (χ0) is 12.3.